The SMILES string of the molecule is CCO[SiH](NCc1ccccc1)OCC. The molecule has 0 saturated carbocycles. The molecule has 0 aromatic heterocycles. The fourth-order valence-electron chi connectivity index (χ4n) is 1.27. The van der Waals surface area contributed by atoms with E-state index in [-0.39, 0.29) is 0 Å². The summed E-state index contributed by atoms with van der Waals surface area (Å²) in [4.78, 5) is 3.33. The lowest BCUT2D eigenvalue weighted by Crippen LogP contribution is -2.39. The van der Waals surface area contributed by atoms with Gasteiger partial charge in [-0.1, -0.05) is 30.3 Å². The quantitative estimate of drug-likeness (QED) is 0.715. The molecule has 1 N–H and O–H groups in total. The van der Waals surface area contributed by atoms with Crippen LogP contribution < -0.4 is 4.98 Å². The van der Waals surface area contributed by atoms with Crippen molar-refractivity contribution < 1.29 is 8.85 Å². The number of rotatable bonds is 7. The minimum Gasteiger partial charge on any atom is -0.385 e. The van der Waals surface area contributed by atoms with Gasteiger partial charge in [0, 0.05) is 19.8 Å². The molecule has 84 valence electrons. The summed E-state index contributed by atoms with van der Waals surface area (Å²) in [5.74, 6) is 0. The second-order valence-electron chi connectivity index (χ2n) is 3.11. The van der Waals surface area contributed by atoms with Crippen LogP contribution in [0.25, 0.3) is 0 Å². The van der Waals surface area contributed by atoms with Crippen LogP contribution in [0.1, 0.15) is 19.4 Å². The molecule has 0 radical (unpaired) electrons. The number of benzene rings is 1. The average molecular weight is 225 g/mol. The zero-order valence-electron chi connectivity index (χ0n) is 9.40. The van der Waals surface area contributed by atoms with Gasteiger partial charge in [0.05, 0.1) is 0 Å². The Labute approximate surface area is 93.3 Å². The molecule has 0 aliphatic heterocycles. The van der Waals surface area contributed by atoms with Crippen molar-refractivity contribution in [2.45, 2.75) is 20.4 Å². The highest BCUT2D eigenvalue weighted by atomic mass is 28.3. The molecule has 0 atom stereocenters. The van der Waals surface area contributed by atoms with Crippen molar-refractivity contribution in [3.05, 3.63) is 35.9 Å². The molecular formula is C11H19NO2Si. The van der Waals surface area contributed by atoms with Gasteiger partial charge in [0.15, 0.2) is 0 Å². The lowest BCUT2D eigenvalue weighted by molar-refractivity contribution is 0.203. The van der Waals surface area contributed by atoms with Gasteiger partial charge in [0.25, 0.3) is 0 Å². The molecule has 1 aromatic carbocycles. The molecule has 4 heteroatoms. The smallest absolute Gasteiger partial charge is 0.385 e. The maximum Gasteiger partial charge on any atom is 0.408 e. The van der Waals surface area contributed by atoms with Crippen molar-refractivity contribution in [1.29, 1.82) is 0 Å². The Balaban J connectivity index is 2.33. The van der Waals surface area contributed by atoms with Gasteiger partial charge in [0.1, 0.15) is 0 Å². The predicted molar refractivity (Wildman–Crippen MR) is 63.7 cm³/mol. The Hall–Kier alpha value is -0.683. The van der Waals surface area contributed by atoms with Gasteiger partial charge in [-0.05, 0) is 19.4 Å². The molecule has 0 bridgehead atoms. The molecule has 0 amide bonds. The van der Waals surface area contributed by atoms with Crippen molar-refractivity contribution in [2.24, 2.45) is 0 Å². The highest BCUT2D eigenvalue weighted by Crippen LogP contribution is 1.98. The topological polar surface area (TPSA) is 30.5 Å². The monoisotopic (exact) mass is 225 g/mol. The largest absolute Gasteiger partial charge is 0.408 e. The van der Waals surface area contributed by atoms with Crippen molar-refractivity contribution in [3.63, 3.8) is 0 Å². The van der Waals surface area contributed by atoms with Crippen LogP contribution in [0.2, 0.25) is 0 Å². The minimum absolute atomic E-state index is 0.707. The fourth-order valence-corrected chi connectivity index (χ4v) is 2.61. The summed E-state index contributed by atoms with van der Waals surface area (Å²) in [5.41, 5.74) is 1.26. The highest BCUT2D eigenvalue weighted by molar-refractivity contribution is 6.41. The van der Waals surface area contributed by atoms with E-state index < -0.39 is 9.45 Å². The van der Waals surface area contributed by atoms with Gasteiger partial charge in [-0.25, -0.2) is 0 Å². The molecule has 0 heterocycles. The molecule has 0 fully saturated rings. The molecular weight excluding hydrogens is 206 g/mol. The van der Waals surface area contributed by atoms with Crippen LogP contribution in [0.15, 0.2) is 30.3 Å². The van der Waals surface area contributed by atoms with Crippen LogP contribution in [0, 0.1) is 0 Å². The van der Waals surface area contributed by atoms with Crippen molar-refractivity contribution in [1.82, 2.24) is 4.98 Å². The Bertz CT molecular complexity index is 250. The van der Waals surface area contributed by atoms with E-state index in [2.05, 4.69) is 17.1 Å². The Morgan fingerprint density at radius 1 is 1.07 bits per heavy atom. The van der Waals surface area contributed by atoms with E-state index in [9.17, 15) is 0 Å². The lowest BCUT2D eigenvalue weighted by Gasteiger charge is -2.15. The normalized spacial score (nSPS) is 10.9. The highest BCUT2D eigenvalue weighted by Gasteiger charge is 2.10. The molecule has 0 aliphatic rings. The molecule has 0 aliphatic carbocycles. The third kappa shape index (κ3) is 5.08. The van der Waals surface area contributed by atoms with E-state index >= 15 is 0 Å². The maximum absolute atomic E-state index is 5.51. The molecule has 0 saturated heterocycles. The van der Waals surface area contributed by atoms with Gasteiger partial charge < -0.3 is 8.85 Å². The summed E-state index contributed by atoms with van der Waals surface area (Å²) in [6.45, 7) is 6.21. The van der Waals surface area contributed by atoms with Crippen LogP contribution in [0.5, 0.6) is 0 Å². The van der Waals surface area contributed by atoms with Gasteiger partial charge in [-0.3, -0.25) is 4.98 Å². The summed E-state index contributed by atoms with van der Waals surface area (Å²) in [6, 6.07) is 10.3. The second-order valence-corrected chi connectivity index (χ2v) is 4.85. The summed E-state index contributed by atoms with van der Waals surface area (Å²) in [7, 11) is -1.65. The molecule has 0 spiro atoms. The zero-order chi connectivity index (χ0) is 10.9. The van der Waals surface area contributed by atoms with Crippen LogP contribution in [-0.4, -0.2) is 22.7 Å². The average Bonchev–Trinajstić information content (AvgIpc) is 2.28. The third-order valence-electron chi connectivity index (χ3n) is 1.95. The fraction of sp³-hybridized carbons (Fsp3) is 0.455. The van der Waals surface area contributed by atoms with E-state index in [4.69, 9.17) is 8.85 Å². The first-order chi connectivity index (χ1) is 7.36. The van der Waals surface area contributed by atoms with Gasteiger partial charge in [-0.15, -0.1) is 0 Å². The van der Waals surface area contributed by atoms with Gasteiger partial charge >= 0.3 is 9.45 Å². The standard InChI is InChI=1S/C11H19NO2Si/c1-3-13-15(14-4-2)12-10-11-8-6-5-7-9-11/h5-9,12,15H,3-4,10H2,1-2H3. The first-order valence-electron chi connectivity index (χ1n) is 5.37. The van der Waals surface area contributed by atoms with Crippen molar-refractivity contribution in [2.75, 3.05) is 13.2 Å². The van der Waals surface area contributed by atoms with E-state index in [0.717, 1.165) is 6.54 Å². The van der Waals surface area contributed by atoms with Gasteiger partial charge in [0.2, 0.25) is 0 Å². The third-order valence-corrected chi connectivity index (χ3v) is 3.76. The number of hydrogen-bond donors (Lipinski definition) is 1. The summed E-state index contributed by atoms with van der Waals surface area (Å²) in [6.07, 6.45) is 0. The van der Waals surface area contributed by atoms with E-state index in [1.165, 1.54) is 5.56 Å². The van der Waals surface area contributed by atoms with Crippen LogP contribution in [0.3, 0.4) is 0 Å². The molecule has 0 unspecified atom stereocenters. The van der Waals surface area contributed by atoms with Gasteiger partial charge in [-0.2, -0.15) is 0 Å². The minimum atomic E-state index is -1.65. The van der Waals surface area contributed by atoms with Crippen molar-refractivity contribution in [3.8, 4) is 0 Å². The Kier molecular flexibility index (Phi) is 6.27. The second kappa shape index (κ2) is 7.59. The lowest BCUT2D eigenvalue weighted by atomic mass is 10.2. The summed E-state index contributed by atoms with van der Waals surface area (Å²) < 4.78 is 11.0. The van der Waals surface area contributed by atoms with E-state index in [0.29, 0.717) is 13.2 Å². The molecule has 15 heavy (non-hydrogen) atoms. The Morgan fingerprint density at radius 2 is 1.67 bits per heavy atom. The molecule has 3 nitrogen and oxygen atoms in total. The number of hydrogen-bond acceptors (Lipinski definition) is 3. The summed E-state index contributed by atoms with van der Waals surface area (Å²) >= 11 is 0. The zero-order valence-corrected chi connectivity index (χ0v) is 10.6. The van der Waals surface area contributed by atoms with E-state index in [1.54, 1.807) is 0 Å². The maximum atomic E-state index is 5.51. The first kappa shape index (κ1) is 12.4. The molecule has 1 aromatic rings. The van der Waals surface area contributed by atoms with Crippen LogP contribution in [0.4, 0.5) is 0 Å². The first-order valence-corrected chi connectivity index (χ1v) is 6.89. The Morgan fingerprint density at radius 3 is 2.20 bits per heavy atom. The van der Waals surface area contributed by atoms with Crippen molar-refractivity contribution >= 4 is 9.45 Å². The number of nitrogens with one attached hydrogen (secondary N) is 1. The molecule has 1 rings (SSSR count). The summed E-state index contributed by atoms with van der Waals surface area (Å²) in [5, 5.41) is 0. The van der Waals surface area contributed by atoms with Crippen LogP contribution >= 0.6 is 0 Å². The predicted octanol–water partition coefficient (Wildman–Crippen LogP) is 1.57. The van der Waals surface area contributed by atoms with E-state index in [1.807, 2.05) is 32.0 Å². The van der Waals surface area contributed by atoms with Crippen LogP contribution in [-0.2, 0) is 15.4 Å².